The Balaban J connectivity index is 1.48. The van der Waals surface area contributed by atoms with E-state index in [4.69, 9.17) is 0 Å². The third kappa shape index (κ3) is 4.01. The average Bonchev–Trinajstić information content (AvgIpc) is 3.43. The molecule has 0 unspecified atom stereocenters. The highest BCUT2D eigenvalue weighted by molar-refractivity contribution is 7.94. The minimum atomic E-state index is -3.63. The zero-order valence-corrected chi connectivity index (χ0v) is 17.5. The summed E-state index contributed by atoms with van der Waals surface area (Å²) in [6.45, 7) is 5.60. The number of aromatic amines is 1. The zero-order valence-electron chi connectivity index (χ0n) is 15.9. The van der Waals surface area contributed by atoms with Gasteiger partial charge in [0.15, 0.2) is 0 Å². The summed E-state index contributed by atoms with van der Waals surface area (Å²) in [7, 11) is -3.63. The minimum Gasteiger partial charge on any atom is -0.361 e. The third-order valence-corrected chi connectivity index (χ3v) is 8.07. The van der Waals surface area contributed by atoms with Gasteiger partial charge in [-0.25, -0.2) is 8.42 Å². The summed E-state index contributed by atoms with van der Waals surface area (Å²) in [5, 5.41) is 1.80. The van der Waals surface area contributed by atoms with Crippen molar-refractivity contribution in [1.29, 1.82) is 0 Å². The molecule has 3 heterocycles. The van der Waals surface area contributed by atoms with Crippen LogP contribution in [0.5, 0.6) is 0 Å². The maximum absolute atomic E-state index is 12.9. The lowest BCUT2D eigenvalue weighted by Gasteiger charge is -2.15. The number of H-pyrrole nitrogens is 1. The third-order valence-electron chi connectivity index (χ3n) is 5.21. The molecule has 1 aliphatic rings. The van der Waals surface area contributed by atoms with Crippen molar-refractivity contribution in [3.8, 4) is 11.3 Å². The van der Waals surface area contributed by atoms with Gasteiger partial charge in [0.25, 0.3) is 10.0 Å². The summed E-state index contributed by atoms with van der Waals surface area (Å²) in [5.41, 5.74) is 3.37. The summed E-state index contributed by atoms with van der Waals surface area (Å²) in [5.74, 6) is 0.536. The second-order valence-corrected chi connectivity index (χ2v) is 10.0. The van der Waals surface area contributed by atoms with Crippen LogP contribution in [0.1, 0.15) is 31.2 Å². The first kappa shape index (κ1) is 19.2. The van der Waals surface area contributed by atoms with E-state index in [0.717, 1.165) is 25.3 Å². The Labute approximate surface area is 170 Å². The molecule has 1 aliphatic heterocycles. The quantitative estimate of drug-likeness (QED) is 0.586. The van der Waals surface area contributed by atoms with Gasteiger partial charge >= 0.3 is 0 Å². The van der Waals surface area contributed by atoms with E-state index >= 15 is 0 Å². The number of thiophene rings is 1. The van der Waals surface area contributed by atoms with Crippen LogP contribution in [0.2, 0.25) is 0 Å². The molecule has 0 spiro atoms. The minimum absolute atomic E-state index is 0.324. The summed E-state index contributed by atoms with van der Waals surface area (Å²) in [6, 6.07) is 13.4. The van der Waals surface area contributed by atoms with Gasteiger partial charge in [0, 0.05) is 29.7 Å². The molecule has 1 fully saturated rings. The van der Waals surface area contributed by atoms with Gasteiger partial charge in [-0.2, -0.15) is 0 Å². The number of nitrogens with one attached hydrogen (secondary N) is 2. The Kier molecular flexibility index (Phi) is 5.57. The van der Waals surface area contributed by atoms with Crippen molar-refractivity contribution in [3.63, 3.8) is 0 Å². The molecular weight excluding hydrogens is 390 g/mol. The molecular formula is C21H25N3O2S2. The highest BCUT2D eigenvalue weighted by Gasteiger charge is 2.24. The number of rotatable bonds is 7. The molecule has 4 rings (SSSR count). The van der Waals surface area contributed by atoms with Crippen molar-refractivity contribution in [2.75, 3.05) is 24.4 Å². The van der Waals surface area contributed by atoms with Crippen molar-refractivity contribution in [2.24, 2.45) is 0 Å². The molecule has 2 N–H and O–H groups in total. The van der Waals surface area contributed by atoms with Crippen molar-refractivity contribution >= 4 is 27.0 Å². The molecule has 0 saturated carbocycles. The largest absolute Gasteiger partial charge is 0.361 e. The monoisotopic (exact) mass is 415 g/mol. The van der Waals surface area contributed by atoms with Crippen LogP contribution in [0, 0.1) is 0 Å². The number of benzene rings is 1. The van der Waals surface area contributed by atoms with E-state index in [-0.39, 0.29) is 0 Å². The zero-order chi connectivity index (χ0) is 19.6. The van der Waals surface area contributed by atoms with Gasteiger partial charge in [-0.3, -0.25) is 4.72 Å². The van der Waals surface area contributed by atoms with Crippen molar-refractivity contribution in [1.82, 2.24) is 9.88 Å². The smallest absolute Gasteiger partial charge is 0.272 e. The molecule has 3 aromatic rings. The Morgan fingerprint density at radius 2 is 2.04 bits per heavy atom. The van der Waals surface area contributed by atoms with Crippen LogP contribution < -0.4 is 4.72 Å². The number of nitrogens with zero attached hydrogens (tertiary/aromatic N) is 1. The molecule has 5 nitrogen and oxygen atoms in total. The first-order chi connectivity index (χ1) is 13.6. The Morgan fingerprint density at radius 1 is 1.21 bits per heavy atom. The van der Waals surface area contributed by atoms with Crippen LogP contribution in [0.25, 0.3) is 11.3 Å². The van der Waals surface area contributed by atoms with Crippen LogP contribution in [0.15, 0.2) is 58.3 Å². The summed E-state index contributed by atoms with van der Waals surface area (Å²) >= 11 is 1.23. The fourth-order valence-corrected chi connectivity index (χ4v) is 6.29. The molecule has 0 amide bonds. The fourth-order valence-electron chi connectivity index (χ4n) is 3.85. The SMILES string of the molecule is CCCN1CC[C@@H](c2ccc(NS(=O)(=O)c3sccc3-c3ccc[nH]3)cc2)C1. The van der Waals surface area contributed by atoms with Gasteiger partial charge in [0.05, 0.1) is 0 Å². The van der Waals surface area contributed by atoms with E-state index < -0.39 is 10.0 Å². The number of sulfonamides is 1. The fraction of sp³-hybridized carbons (Fsp3) is 0.333. The molecule has 28 heavy (non-hydrogen) atoms. The molecule has 0 radical (unpaired) electrons. The van der Waals surface area contributed by atoms with Crippen molar-refractivity contribution < 1.29 is 8.42 Å². The Hall–Kier alpha value is -2.09. The maximum Gasteiger partial charge on any atom is 0.272 e. The normalized spacial score (nSPS) is 17.8. The second-order valence-electron chi connectivity index (χ2n) is 7.22. The van der Waals surface area contributed by atoms with Gasteiger partial charge in [0.2, 0.25) is 0 Å². The van der Waals surface area contributed by atoms with Gasteiger partial charge in [-0.1, -0.05) is 19.1 Å². The lowest BCUT2D eigenvalue weighted by molar-refractivity contribution is 0.335. The highest BCUT2D eigenvalue weighted by atomic mass is 32.2. The topological polar surface area (TPSA) is 65.2 Å². The Morgan fingerprint density at radius 3 is 2.75 bits per heavy atom. The van der Waals surface area contributed by atoms with Gasteiger partial charge in [0.1, 0.15) is 4.21 Å². The molecule has 1 atom stereocenters. The van der Waals surface area contributed by atoms with E-state index in [1.807, 2.05) is 30.3 Å². The maximum atomic E-state index is 12.9. The molecule has 2 aromatic heterocycles. The number of anilines is 1. The summed E-state index contributed by atoms with van der Waals surface area (Å²) < 4.78 is 28.9. The lowest BCUT2D eigenvalue weighted by Crippen LogP contribution is -2.20. The number of hydrogen-bond acceptors (Lipinski definition) is 4. The van der Waals surface area contributed by atoms with Crippen LogP contribution in [-0.4, -0.2) is 37.9 Å². The van der Waals surface area contributed by atoms with Gasteiger partial charge in [-0.05, 0) is 73.1 Å². The van der Waals surface area contributed by atoms with E-state index in [1.54, 1.807) is 11.6 Å². The molecule has 1 saturated heterocycles. The van der Waals surface area contributed by atoms with Crippen LogP contribution in [0.4, 0.5) is 5.69 Å². The molecule has 148 valence electrons. The first-order valence-electron chi connectivity index (χ1n) is 9.63. The van der Waals surface area contributed by atoms with Crippen LogP contribution >= 0.6 is 11.3 Å². The standard InChI is InChI=1S/C21H25N3O2S2/c1-2-12-24-13-9-17(15-24)16-5-7-18(8-6-16)23-28(25,26)21-19(10-14-27-21)20-4-3-11-22-20/h3-8,10-11,14,17,22-23H,2,9,12-13,15H2,1H3/t17-/m1/s1. The van der Waals surface area contributed by atoms with Gasteiger partial charge in [-0.15, -0.1) is 11.3 Å². The first-order valence-corrected chi connectivity index (χ1v) is 12.0. The number of aromatic nitrogens is 1. The molecule has 7 heteroatoms. The highest BCUT2D eigenvalue weighted by Crippen LogP contribution is 2.33. The van der Waals surface area contributed by atoms with Gasteiger partial charge < -0.3 is 9.88 Å². The number of likely N-dealkylation sites (tertiary alicyclic amines) is 1. The lowest BCUT2D eigenvalue weighted by atomic mass is 9.98. The average molecular weight is 416 g/mol. The summed E-state index contributed by atoms with van der Waals surface area (Å²) in [4.78, 5) is 5.58. The van der Waals surface area contributed by atoms with Crippen molar-refractivity contribution in [3.05, 3.63) is 59.6 Å². The van der Waals surface area contributed by atoms with E-state index in [0.29, 0.717) is 21.4 Å². The molecule has 0 aliphatic carbocycles. The predicted molar refractivity (Wildman–Crippen MR) is 115 cm³/mol. The van der Waals surface area contributed by atoms with E-state index in [1.165, 1.54) is 29.7 Å². The van der Waals surface area contributed by atoms with Crippen molar-refractivity contribution in [2.45, 2.75) is 29.9 Å². The molecule has 0 bridgehead atoms. The summed E-state index contributed by atoms with van der Waals surface area (Å²) in [6.07, 6.45) is 4.14. The van der Waals surface area contributed by atoms with Crippen LogP contribution in [0.3, 0.4) is 0 Å². The Bertz CT molecular complexity index is 1010. The van der Waals surface area contributed by atoms with E-state index in [2.05, 4.69) is 33.7 Å². The second kappa shape index (κ2) is 8.11. The van der Waals surface area contributed by atoms with Crippen LogP contribution in [-0.2, 0) is 10.0 Å². The number of hydrogen-bond donors (Lipinski definition) is 2. The molecule has 1 aromatic carbocycles. The predicted octanol–water partition coefficient (Wildman–Crippen LogP) is 4.74. The van der Waals surface area contributed by atoms with E-state index in [9.17, 15) is 8.42 Å².